The van der Waals surface area contributed by atoms with Gasteiger partial charge in [0, 0.05) is 16.8 Å². The van der Waals surface area contributed by atoms with Crippen molar-refractivity contribution in [3.05, 3.63) is 46.2 Å². The summed E-state index contributed by atoms with van der Waals surface area (Å²) in [6, 6.07) is 8.80. The quantitative estimate of drug-likeness (QED) is 0.598. The number of amides is 1. The van der Waals surface area contributed by atoms with Crippen LogP contribution in [0.1, 0.15) is 29.1 Å². The maximum absolute atomic E-state index is 12.1. The number of nitrogen functional groups attached to an aromatic ring is 1. The minimum absolute atomic E-state index is 0.153. The number of hydrogen-bond acceptors (Lipinski definition) is 4. The first-order valence-corrected chi connectivity index (χ1v) is 7.19. The average Bonchev–Trinajstić information content (AvgIpc) is 2.94. The molecular formula is C15H18N2O2S. The Kier molecular flexibility index (Phi) is 3.99. The van der Waals surface area contributed by atoms with Crippen molar-refractivity contribution in [2.45, 2.75) is 19.3 Å². The fraction of sp³-hybridized carbons (Fsp3) is 0.267. The Morgan fingerprint density at radius 1 is 1.35 bits per heavy atom. The zero-order valence-corrected chi connectivity index (χ0v) is 12.3. The van der Waals surface area contributed by atoms with Crippen molar-refractivity contribution in [1.82, 2.24) is 5.32 Å². The van der Waals surface area contributed by atoms with E-state index in [1.165, 1.54) is 4.88 Å². The molecule has 0 fully saturated rings. The molecule has 0 atom stereocenters. The average molecular weight is 290 g/mol. The second-order valence-electron chi connectivity index (χ2n) is 5.29. The molecule has 0 aliphatic carbocycles. The molecule has 1 aromatic heterocycles. The summed E-state index contributed by atoms with van der Waals surface area (Å²) >= 11 is 1.66. The third kappa shape index (κ3) is 2.93. The van der Waals surface area contributed by atoms with Crippen LogP contribution in [0.5, 0.6) is 5.75 Å². The van der Waals surface area contributed by atoms with Crippen LogP contribution in [0.15, 0.2) is 35.7 Å². The molecule has 0 spiro atoms. The van der Waals surface area contributed by atoms with E-state index in [0.717, 1.165) is 0 Å². The number of rotatable bonds is 4. The molecule has 0 saturated heterocycles. The van der Waals surface area contributed by atoms with Gasteiger partial charge in [0.05, 0.1) is 11.3 Å². The fourth-order valence-corrected chi connectivity index (χ4v) is 2.74. The Bertz CT molecular complexity index is 606. The van der Waals surface area contributed by atoms with Crippen LogP contribution in [0.25, 0.3) is 0 Å². The van der Waals surface area contributed by atoms with Crippen molar-refractivity contribution >= 4 is 22.9 Å². The van der Waals surface area contributed by atoms with Crippen molar-refractivity contribution in [3.63, 3.8) is 0 Å². The SMILES string of the molecule is CC(C)(CNC(=O)c1cccc(N)c1O)c1cccs1. The number of benzene rings is 1. The third-order valence-electron chi connectivity index (χ3n) is 3.19. The number of para-hydroxylation sites is 1. The van der Waals surface area contributed by atoms with Gasteiger partial charge in [-0.15, -0.1) is 11.3 Å². The zero-order chi connectivity index (χ0) is 14.8. The molecule has 4 N–H and O–H groups in total. The van der Waals surface area contributed by atoms with Gasteiger partial charge in [-0.05, 0) is 23.6 Å². The molecule has 1 amide bonds. The van der Waals surface area contributed by atoms with Gasteiger partial charge < -0.3 is 16.2 Å². The van der Waals surface area contributed by atoms with E-state index in [0.29, 0.717) is 6.54 Å². The highest BCUT2D eigenvalue weighted by atomic mass is 32.1. The summed E-state index contributed by atoms with van der Waals surface area (Å²) in [7, 11) is 0. The van der Waals surface area contributed by atoms with Crippen molar-refractivity contribution in [2.75, 3.05) is 12.3 Å². The molecular weight excluding hydrogens is 272 g/mol. The first-order chi connectivity index (χ1) is 9.42. The van der Waals surface area contributed by atoms with Crippen LogP contribution in [-0.2, 0) is 5.41 Å². The van der Waals surface area contributed by atoms with Gasteiger partial charge in [0.1, 0.15) is 0 Å². The van der Waals surface area contributed by atoms with Gasteiger partial charge in [-0.25, -0.2) is 0 Å². The number of phenols is 1. The Morgan fingerprint density at radius 3 is 2.75 bits per heavy atom. The van der Waals surface area contributed by atoms with Crippen LogP contribution in [0, 0.1) is 0 Å². The van der Waals surface area contributed by atoms with E-state index in [1.807, 2.05) is 11.4 Å². The lowest BCUT2D eigenvalue weighted by molar-refractivity contribution is 0.0943. The second-order valence-corrected chi connectivity index (χ2v) is 6.23. The van der Waals surface area contributed by atoms with E-state index >= 15 is 0 Å². The summed E-state index contributed by atoms with van der Waals surface area (Å²) in [5, 5.41) is 14.7. The molecule has 0 bridgehead atoms. The summed E-state index contributed by atoms with van der Waals surface area (Å²) in [6.45, 7) is 4.62. The molecule has 0 aliphatic heterocycles. The summed E-state index contributed by atoms with van der Waals surface area (Å²) in [4.78, 5) is 13.3. The smallest absolute Gasteiger partial charge is 0.255 e. The topological polar surface area (TPSA) is 75.4 Å². The molecule has 0 unspecified atom stereocenters. The first kappa shape index (κ1) is 14.4. The van der Waals surface area contributed by atoms with E-state index in [-0.39, 0.29) is 28.3 Å². The first-order valence-electron chi connectivity index (χ1n) is 6.31. The lowest BCUT2D eigenvalue weighted by Gasteiger charge is -2.23. The predicted octanol–water partition coefficient (Wildman–Crippen LogP) is 2.74. The van der Waals surface area contributed by atoms with Crippen LogP contribution in [0.4, 0.5) is 5.69 Å². The molecule has 0 saturated carbocycles. The van der Waals surface area contributed by atoms with E-state index < -0.39 is 0 Å². The molecule has 5 heteroatoms. The number of phenolic OH excluding ortho intramolecular Hbond substituents is 1. The van der Waals surface area contributed by atoms with Crippen molar-refractivity contribution in [2.24, 2.45) is 0 Å². The lowest BCUT2D eigenvalue weighted by atomic mass is 9.91. The van der Waals surface area contributed by atoms with E-state index in [1.54, 1.807) is 29.5 Å². The number of aromatic hydroxyl groups is 1. The summed E-state index contributed by atoms with van der Waals surface area (Å²) in [6.07, 6.45) is 0. The molecule has 106 valence electrons. The molecule has 0 radical (unpaired) electrons. The Balaban J connectivity index is 2.08. The maximum Gasteiger partial charge on any atom is 0.255 e. The molecule has 4 nitrogen and oxygen atoms in total. The van der Waals surface area contributed by atoms with Gasteiger partial charge in [0.15, 0.2) is 5.75 Å². The Morgan fingerprint density at radius 2 is 2.10 bits per heavy atom. The van der Waals surface area contributed by atoms with Gasteiger partial charge in [-0.1, -0.05) is 26.0 Å². The number of anilines is 1. The van der Waals surface area contributed by atoms with E-state index in [9.17, 15) is 9.90 Å². The summed E-state index contributed by atoms with van der Waals surface area (Å²) in [5.74, 6) is -0.488. The zero-order valence-electron chi connectivity index (χ0n) is 11.5. The van der Waals surface area contributed by atoms with Gasteiger partial charge >= 0.3 is 0 Å². The highest BCUT2D eigenvalue weighted by molar-refractivity contribution is 7.10. The molecule has 1 heterocycles. The summed E-state index contributed by atoms with van der Waals surface area (Å²) in [5.41, 5.74) is 5.84. The minimum Gasteiger partial charge on any atom is -0.505 e. The molecule has 20 heavy (non-hydrogen) atoms. The molecule has 1 aromatic carbocycles. The van der Waals surface area contributed by atoms with Gasteiger partial charge in [-0.2, -0.15) is 0 Å². The fourth-order valence-electron chi connectivity index (χ4n) is 1.89. The lowest BCUT2D eigenvalue weighted by Crippen LogP contribution is -2.36. The maximum atomic E-state index is 12.1. The van der Waals surface area contributed by atoms with Gasteiger partial charge in [0.25, 0.3) is 5.91 Å². The number of carbonyl (C=O) groups excluding carboxylic acids is 1. The number of nitrogens with one attached hydrogen (secondary N) is 1. The minimum atomic E-state index is -0.320. The number of thiophene rings is 1. The predicted molar refractivity (Wildman–Crippen MR) is 82.2 cm³/mol. The van der Waals surface area contributed by atoms with E-state index in [4.69, 9.17) is 5.73 Å². The molecule has 2 aromatic rings. The van der Waals surface area contributed by atoms with Gasteiger partial charge in [-0.3, -0.25) is 4.79 Å². The van der Waals surface area contributed by atoms with Crippen LogP contribution < -0.4 is 11.1 Å². The number of hydrogen-bond donors (Lipinski definition) is 3. The number of carbonyl (C=O) groups is 1. The van der Waals surface area contributed by atoms with Crippen molar-refractivity contribution in [1.29, 1.82) is 0 Å². The Labute approximate surface area is 122 Å². The highest BCUT2D eigenvalue weighted by Gasteiger charge is 2.23. The number of nitrogens with two attached hydrogens (primary N) is 1. The van der Waals surface area contributed by atoms with Gasteiger partial charge in [0.2, 0.25) is 0 Å². The molecule has 2 rings (SSSR count). The summed E-state index contributed by atoms with van der Waals surface area (Å²) < 4.78 is 0. The normalized spacial score (nSPS) is 11.3. The Hall–Kier alpha value is -2.01. The highest BCUT2D eigenvalue weighted by Crippen LogP contribution is 2.27. The monoisotopic (exact) mass is 290 g/mol. The van der Waals surface area contributed by atoms with Crippen LogP contribution in [0.2, 0.25) is 0 Å². The van der Waals surface area contributed by atoms with Crippen LogP contribution in [0.3, 0.4) is 0 Å². The second kappa shape index (κ2) is 5.54. The van der Waals surface area contributed by atoms with E-state index in [2.05, 4.69) is 25.2 Å². The van der Waals surface area contributed by atoms with Crippen LogP contribution >= 0.6 is 11.3 Å². The van der Waals surface area contributed by atoms with Crippen LogP contribution in [-0.4, -0.2) is 17.6 Å². The largest absolute Gasteiger partial charge is 0.505 e. The third-order valence-corrected chi connectivity index (χ3v) is 4.43. The van der Waals surface area contributed by atoms with Crippen molar-refractivity contribution < 1.29 is 9.90 Å². The standard InChI is InChI=1S/C15H18N2O2S/c1-15(2,12-7-4-8-20-12)9-17-14(19)10-5-3-6-11(16)13(10)18/h3-8,18H,9,16H2,1-2H3,(H,17,19). The van der Waals surface area contributed by atoms with Crippen molar-refractivity contribution in [3.8, 4) is 5.75 Å². The molecule has 0 aliphatic rings.